The largest absolute Gasteiger partial charge is 0.480 e. The Balaban J connectivity index is 2.27. The Morgan fingerprint density at radius 2 is 2.28 bits per heavy atom. The van der Waals surface area contributed by atoms with Crippen molar-refractivity contribution < 1.29 is 24.2 Å². The van der Waals surface area contributed by atoms with Gasteiger partial charge in [0.25, 0.3) is 0 Å². The van der Waals surface area contributed by atoms with Gasteiger partial charge in [0.2, 0.25) is 5.91 Å². The third-order valence-corrected chi connectivity index (χ3v) is 4.64. The van der Waals surface area contributed by atoms with E-state index in [4.69, 9.17) is 9.84 Å². The molecule has 1 unspecified atom stereocenters. The minimum atomic E-state index is -1.02. The topological polar surface area (TPSA) is 83.9 Å². The van der Waals surface area contributed by atoms with Crippen molar-refractivity contribution in [3.8, 4) is 0 Å². The summed E-state index contributed by atoms with van der Waals surface area (Å²) in [4.78, 5) is 34.8. The first-order valence-corrected chi connectivity index (χ1v) is 6.56. The maximum Gasteiger partial charge on any atom is 0.321 e. The van der Waals surface area contributed by atoms with Gasteiger partial charge >= 0.3 is 11.9 Å². The number of fused-ring (bicyclic) bond motifs is 1. The molecule has 2 atom stereocenters. The molecule has 8 heteroatoms. The van der Waals surface area contributed by atoms with Crippen LogP contribution in [0.3, 0.4) is 0 Å². The summed E-state index contributed by atoms with van der Waals surface area (Å²) in [6, 6.07) is 0. The first-order valence-electron chi connectivity index (χ1n) is 5.17. The number of hydrogen-bond acceptors (Lipinski definition) is 6. The summed E-state index contributed by atoms with van der Waals surface area (Å²) in [5.41, 5.74) is 0.343. The molecule has 1 N–H and O–H groups in total. The van der Waals surface area contributed by atoms with E-state index in [1.165, 1.54) is 11.8 Å². The lowest BCUT2D eigenvalue weighted by molar-refractivity contribution is -0.142. The van der Waals surface area contributed by atoms with Crippen molar-refractivity contribution in [3.05, 3.63) is 10.6 Å². The number of aliphatic carboxylic acids is 1. The van der Waals surface area contributed by atoms with Crippen LogP contribution in [-0.4, -0.2) is 45.1 Å². The summed E-state index contributed by atoms with van der Waals surface area (Å²) < 4.78 is 4.81. The number of carboxylic acids is 1. The molecule has 0 saturated carbocycles. The van der Waals surface area contributed by atoms with Gasteiger partial charge in [-0.3, -0.25) is 19.3 Å². The number of carboxylic acid groups (broad SMARTS) is 1. The van der Waals surface area contributed by atoms with Crippen LogP contribution in [0.5, 0.6) is 0 Å². The second-order valence-electron chi connectivity index (χ2n) is 3.91. The molecule has 0 aromatic heterocycles. The fourth-order valence-corrected chi connectivity index (χ4v) is 3.76. The SMILES string of the molecule is CC(=O)OCC1=C(S)N2C(=O)C[C@H]2SC1C(=O)O. The highest BCUT2D eigenvalue weighted by Crippen LogP contribution is 2.45. The Hall–Kier alpha value is -1.15. The van der Waals surface area contributed by atoms with Crippen LogP contribution in [0.25, 0.3) is 0 Å². The second-order valence-corrected chi connectivity index (χ2v) is 5.62. The highest BCUT2D eigenvalue weighted by Gasteiger charge is 2.47. The van der Waals surface area contributed by atoms with E-state index >= 15 is 0 Å². The number of carbonyl (C=O) groups is 3. The summed E-state index contributed by atoms with van der Waals surface area (Å²) in [5.74, 6) is -1.62. The Labute approximate surface area is 113 Å². The zero-order chi connectivity index (χ0) is 13.4. The highest BCUT2D eigenvalue weighted by molar-refractivity contribution is 8.01. The molecule has 1 fully saturated rings. The molecular weight excluding hydrogens is 278 g/mol. The van der Waals surface area contributed by atoms with Gasteiger partial charge in [-0.1, -0.05) is 0 Å². The monoisotopic (exact) mass is 289 g/mol. The molecule has 0 spiro atoms. The fourth-order valence-electron chi connectivity index (χ4n) is 1.79. The van der Waals surface area contributed by atoms with Crippen molar-refractivity contribution in [2.24, 2.45) is 0 Å². The molecule has 1 amide bonds. The number of rotatable bonds is 3. The maximum atomic E-state index is 11.4. The van der Waals surface area contributed by atoms with Crippen LogP contribution >= 0.6 is 24.4 Å². The lowest BCUT2D eigenvalue weighted by Crippen LogP contribution is -2.54. The van der Waals surface area contributed by atoms with Crippen LogP contribution in [0.15, 0.2) is 10.6 Å². The lowest BCUT2D eigenvalue weighted by atomic mass is 10.1. The second kappa shape index (κ2) is 4.85. The third-order valence-electron chi connectivity index (χ3n) is 2.69. The number of carbonyl (C=O) groups excluding carboxylic acids is 2. The molecule has 2 rings (SSSR count). The van der Waals surface area contributed by atoms with Crippen molar-refractivity contribution in [2.75, 3.05) is 6.61 Å². The van der Waals surface area contributed by atoms with Gasteiger partial charge in [-0.05, 0) is 0 Å². The van der Waals surface area contributed by atoms with Crippen molar-refractivity contribution in [1.82, 2.24) is 4.90 Å². The fraction of sp³-hybridized carbons (Fsp3) is 0.500. The van der Waals surface area contributed by atoms with Crippen LogP contribution in [0.1, 0.15) is 13.3 Å². The Bertz CT molecular complexity index is 461. The van der Waals surface area contributed by atoms with Gasteiger partial charge < -0.3 is 9.84 Å². The van der Waals surface area contributed by atoms with E-state index < -0.39 is 17.2 Å². The molecule has 6 nitrogen and oxygen atoms in total. The number of hydrogen-bond donors (Lipinski definition) is 2. The number of nitrogens with zero attached hydrogens (tertiary/aromatic N) is 1. The molecule has 0 radical (unpaired) electrons. The average Bonchev–Trinajstić information content (AvgIpc) is 2.24. The molecule has 2 aliphatic heterocycles. The Kier molecular flexibility index (Phi) is 3.58. The molecule has 0 bridgehead atoms. The van der Waals surface area contributed by atoms with E-state index in [0.29, 0.717) is 17.0 Å². The van der Waals surface area contributed by atoms with E-state index in [0.717, 1.165) is 11.8 Å². The van der Waals surface area contributed by atoms with Gasteiger partial charge in [-0.25, -0.2) is 0 Å². The quantitative estimate of drug-likeness (QED) is 0.446. The molecule has 2 heterocycles. The number of thioether (sulfide) groups is 1. The molecule has 0 aromatic carbocycles. The molecule has 18 heavy (non-hydrogen) atoms. The van der Waals surface area contributed by atoms with Crippen LogP contribution in [-0.2, 0) is 19.1 Å². The number of ether oxygens (including phenoxy) is 1. The van der Waals surface area contributed by atoms with E-state index in [-0.39, 0.29) is 17.9 Å². The smallest absolute Gasteiger partial charge is 0.321 e. The number of β-lactam (4-membered cyclic amide) rings is 1. The van der Waals surface area contributed by atoms with Gasteiger partial charge in [-0.15, -0.1) is 24.4 Å². The standard InChI is InChI=1S/C10H11NO5S2/c1-4(12)16-3-5-8(10(14)15)18-7-2-6(13)11(7)9(5)17/h7-8,17H,2-3H2,1H3,(H,14,15)/t7-,8?/m1/s1. The summed E-state index contributed by atoms with van der Waals surface area (Å²) in [7, 11) is 0. The Morgan fingerprint density at radius 3 is 2.78 bits per heavy atom. The Morgan fingerprint density at radius 1 is 1.61 bits per heavy atom. The minimum absolute atomic E-state index is 0.0957. The zero-order valence-electron chi connectivity index (χ0n) is 9.45. The summed E-state index contributed by atoms with van der Waals surface area (Å²) in [6.45, 7) is 1.08. The van der Waals surface area contributed by atoms with Gasteiger partial charge in [0.05, 0.1) is 16.8 Å². The lowest BCUT2D eigenvalue weighted by Gasteiger charge is -2.45. The summed E-state index contributed by atoms with van der Waals surface area (Å²) >= 11 is 5.36. The molecule has 0 aliphatic carbocycles. The average molecular weight is 289 g/mol. The predicted molar refractivity (Wildman–Crippen MR) is 66.9 cm³/mol. The van der Waals surface area contributed by atoms with Gasteiger partial charge in [0.1, 0.15) is 11.9 Å². The highest BCUT2D eigenvalue weighted by atomic mass is 32.2. The zero-order valence-corrected chi connectivity index (χ0v) is 11.2. The van der Waals surface area contributed by atoms with Crippen LogP contribution in [0.4, 0.5) is 0 Å². The van der Waals surface area contributed by atoms with Crippen LogP contribution < -0.4 is 0 Å². The molecule has 1 saturated heterocycles. The first-order chi connectivity index (χ1) is 8.41. The minimum Gasteiger partial charge on any atom is -0.480 e. The summed E-state index contributed by atoms with van der Waals surface area (Å²) in [5, 5.41) is 8.45. The van der Waals surface area contributed by atoms with Crippen molar-refractivity contribution in [3.63, 3.8) is 0 Å². The third kappa shape index (κ3) is 2.22. The van der Waals surface area contributed by atoms with Crippen LogP contribution in [0.2, 0.25) is 0 Å². The molecule has 0 aromatic rings. The van der Waals surface area contributed by atoms with E-state index in [2.05, 4.69) is 12.6 Å². The predicted octanol–water partition coefficient (Wildman–Crippen LogP) is 0.449. The number of thiol groups is 1. The molecular formula is C10H11NO5S2. The molecule has 2 aliphatic rings. The first kappa shape index (κ1) is 13.3. The number of esters is 1. The van der Waals surface area contributed by atoms with E-state index in [9.17, 15) is 14.4 Å². The van der Waals surface area contributed by atoms with E-state index in [1.807, 2.05) is 0 Å². The summed E-state index contributed by atoms with van der Waals surface area (Å²) in [6.07, 6.45) is 0.319. The van der Waals surface area contributed by atoms with Gasteiger partial charge in [-0.2, -0.15) is 0 Å². The number of amides is 1. The van der Waals surface area contributed by atoms with E-state index in [1.54, 1.807) is 0 Å². The van der Waals surface area contributed by atoms with Crippen molar-refractivity contribution in [1.29, 1.82) is 0 Å². The maximum absolute atomic E-state index is 11.4. The van der Waals surface area contributed by atoms with Crippen molar-refractivity contribution in [2.45, 2.75) is 24.0 Å². The van der Waals surface area contributed by atoms with Crippen molar-refractivity contribution >= 4 is 42.2 Å². The van der Waals surface area contributed by atoms with Gasteiger partial charge in [0, 0.05) is 12.5 Å². The van der Waals surface area contributed by atoms with Crippen LogP contribution in [0, 0.1) is 0 Å². The van der Waals surface area contributed by atoms with Gasteiger partial charge in [0.15, 0.2) is 0 Å². The molecule has 98 valence electrons. The normalized spacial score (nSPS) is 26.6.